The summed E-state index contributed by atoms with van der Waals surface area (Å²) in [6, 6.07) is 7.03. The predicted molar refractivity (Wildman–Crippen MR) is 111 cm³/mol. The lowest BCUT2D eigenvalue weighted by molar-refractivity contribution is -0.140. The fourth-order valence-corrected chi connectivity index (χ4v) is 4.26. The van der Waals surface area contributed by atoms with E-state index in [0.29, 0.717) is 30.8 Å². The first-order chi connectivity index (χ1) is 14.9. The molecule has 2 unspecified atom stereocenters. The summed E-state index contributed by atoms with van der Waals surface area (Å²) in [7, 11) is 0. The first-order valence-electron chi connectivity index (χ1n) is 9.83. The smallest absolute Gasteiger partial charge is 0.305 e. The zero-order valence-corrected chi connectivity index (χ0v) is 17.4. The zero-order chi connectivity index (χ0) is 22.4. The third-order valence-electron chi connectivity index (χ3n) is 5.03. The number of carbonyl (C=O) groups excluding carboxylic acids is 3. The number of thiazole rings is 1. The number of benzene rings is 1. The van der Waals surface area contributed by atoms with Crippen LogP contribution in [-0.2, 0) is 14.4 Å². The molecule has 1 aromatic carbocycles. The summed E-state index contributed by atoms with van der Waals surface area (Å²) < 4.78 is 12.8. The summed E-state index contributed by atoms with van der Waals surface area (Å²) in [5, 5.41) is 13.6. The van der Waals surface area contributed by atoms with Gasteiger partial charge in [0.25, 0.3) is 5.91 Å². The highest BCUT2D eigenvalue weighted by Gasteiger charge is 2.35. The Balaban J connectivity index is 1.76. The quantitative estimate of drug-likeness (QED) is 0.641. The van der Waals surface area contributed by atoms with Crippen molar-refractivity contribution in [2.24, 2.45) is 0 Å². The number of hydrogen-bond acceptors (Lipinski definition) is 6. The number of carboxylic acid groups (broad SMARTS) is 1. The minimum Gasteiger partial charge on any atom is -0.481 e. The Kier molecular flexibility index (Phi) is 7.45. The van der Waals surface area contributed by atoms with E-state index in [2.05, 4.69) is 10.3 Å². The monoisotopic (exact) mass is 447 g/mol. The first kappa shape index (κ1) is 22.5. The number of aromatic nitrogens is 1. The summed E-state index contributed by atoms with van der Waals surface area (Å²) >= 11 is 1.32. The third-order valence-corrected chi connectivity index (χ3v) is 5.92. The van der Waals surface area contributed by atoms with Crippen molar-refractivity contribution >= 4 is 34.9 Å². The number of nitrogens with zero attached hydrogens (tertiary/aromatic N) is 2. The van der Waals surface area contributed by atoms with E-state index >= 15 is 0 Å². The molecule has 0 aliphatic carbocycles. The molecule has 10 heteroatoms. The van der Waals surface area contributed by atoms with E-state index in [1.165, 1.54) is 16.2 Å². The summed E-state index contributed by atoms with van der Waals surface area (Å²) in [6.45, 7) is -1.05. The fourth-order valence-electron chi connectivity index (χ4n) is 3.46. The maximum Gasteiger partial charge on any atom is 0.305 e. The topological polar surface area (TPSA) is 117 Å². The normalized spacial score (nSPS) is 17.1. The highest BCUT2D eigenvalue weighted by atomic mass is 32.1. The van der Waals surface area contributed by atoms with Crippen LogP contribution in [0.4, 0.5) is 4.39 Å². The van der Waals surface area contributed by atoms with Crippen LogP contribution in [0, 0.1) is 0 Å². The van der Waals surface area contributed by atoms with Crippen molar-refractivity contribution in [1.29, 1.82) is 0 Å². The van der Waals surface area contributed by atoms with Crippen molar-refractivity contribution in [1.82, 2.24) is 15.2 Å². The standard InChI is InChI=1S/C21H22FN3O5S/c22-11-17(26)14(10-18(27)28)23-19(29)16-8-4-5-9-25(16)21(30)15-12-31-20(24-15)13-6-2-1-3-7-13/h1-3,6-7,12,14,16H,4-5,8-11H2,(H,23,29)(H,27,28). The van der Waals surface area contributed by atoms with Crippen molar-refractivity contribution in [3.63, 3.8) is 0 Å². The Labute approximate surface area is 182 Å². The van der Waals surface area contributed by atoms with E-state index in [1.54, 1.807) is 5.38 Å². The second-order valence-electron chi connectivity index (χ2n) is 7.17. The SMILES string of the molecule is O=C(O)CC(NC(=O)C1CCCCN1C(=O)c1csc(-c2ccccc2)n1)C(=O)CF. The number of alkyl halides is 1. The Hall–Kier alpha value is -3.14. The number of nitrogens with one attached hydrogen (secondary N) is 1. The average molecular weight is 447 g/mol. The maximum atomic E-state index is 13.1. The van der Waals surface area contributed by atoms with Crippen LogP contribution < -0.4 is 5.32 Å². The van der Waals surface area contributed by atoms with Gasteiger partial charge in [0.15, 0.2) is 5.78 Å². The summed E-state index contributed by atoms with van der Waals surface area (Å²) in [6.07, 6.45) is 1.03. The molecule has 1 aliphatic heterocycles. The molecule has 2 aromatic rings. The Morgan fingerprint density at radius 2 is 1.97 bits per heavy atom. The molecular weight excluding hydrogens is 425 g/mol. The number of hydrogen-bond donors (Lipinski definition) is 2. The minimum absolute atomic E-state index is 0.213. The van der Waals surface area contributed by atoms with Crippen molar-refractivity contribution in [2.75, 3.05) is 13.2 Å². The summed E-state index contributed by atoms with van der Waals surface area (Å²) in [4.78, 5) is 54.3. The fraction of sp³-hybridized carbons (Fsp3) is 0.381. The van der Waals surface area contributed by atoms with Gasteiger partial charge in [-0.25, -0.2) is 9.37 Å². The lowest BCUT2D eigenvalue weighted by atomic mass is 10.00. The third kappa shape index (κ3) is 5.52. The number of amides is 2. The van der Waals surface area contributed by atoms with Gasteiger partial charge < -0.3 is 15.3 Å². The average Bonchev–Trinajstić information content (AvgIpc) is 3.28. The van der Waals surface area contributed by atoms with Gasteiger partial charge in [-0.05, 0) is 19.3 Å². The summed E-state index contributed by atoms with van der Waals surface area (Å²) in [5.74, 6) is -3.43. The molecule has 1 aromatic heterocycles. The molecule has 8 nitrogen and oxygen atoms in total. The molecule has 1 aliphatic rings. The number of rotatable bonds is 8. The summed E-state index contributed by atoms with van der Waals surface area (Å²) in [5.41, 5.74) is 1.09. The highest BCUT2D eigenvalue weighted by molar-refractivity contribution is 7.13. The second-order valence-corrected chi connectivity index (χ2v) is 8.03. The van der Waals surface area contributed by atoms with Gasteiger partial charge in [0.1, 0.15) is 29.5 Å². The number of likely N-dealkylation sites (tertiary alicyclic amines) is 1. The van der Waals surface area contributed by atoms with E-state index in [-0.39, 0.29) is 5.69 Å². The largest absolute Gasteiger partial charge is 0.481 e. The molecule has 2 amide bonds. The zero-order valence-electron chi connectivity index (χ0n) is 16.6. The van der Waals surface area contributed by atoms with E-state index in [9.17, 15) is 23.6 Å². The van der Waals surface area contributed by atoms with Crippen LogP contribution in [0.5, 0.6) is 0 Å². The van der Waals surface area contributed by atoms with E-state index in [1.807, 2.05) is 30.3 Å². The van der Waals surface area contributed by atoms with Crippen LogP contribution in [0.15, 0.2) is 35.7 Å². The van der Waals surface area contributed by atoms with Crippen LogP contribution in [0.25, 0.3) is 10.6 Å². The molecule has 1 fully saturated rings. The lowest BCUT2D eigenvalue weighted by Crippen LogP contribution is -2.55. The van der Waals surface area contributed by atoms with Gasteiger partial charge in [0, 0.05) is 17.5 Å². The number of piperidine rings is 1. The highest BCUT2D eigenvalue weighted by Crippen LogP contribution is 2.26. The van der Waals surface area contributed by atoms with Gasteiger partial charge in [0.05, 0.1) is 6.42 Å². The van der Waals surface area contributed by atoms with Crippen molar-refractivity contribution in [3.8, 4) is 10.6 Å². The first-order valence-corrected chi connectivity index (χ1v) is 10.7. The Bertz CT molecular complexity index is 965. The molecule has 2 atom stereocenters. The van der Waals surface area contributed by atoms with Gasteiger partial charge in [-0.3, -0.25) is 19.2 Å². The van der Waals surface area contributed by atoms with Gasteiger partial charge in [-0.2, -0.15) is 0 Å². The van der Waals surface area contributed by atoms with Gasteiger partial charge in [-0.1, -0.05) is 30.3 Å². The molecule has 164 valence electrons. The van der Waals surface area contributed by atoms with Gasteiger partial charge in [0.2, 0.25) is 5.91 Å². The van der Waals surface area contributed by atoms with Crippen LogP contribution in [0.1, 0.15) is 36.2 Å². The molecular formula is C21H22FN3O5S. The van der Waals surface area contributed by atoms with Crippen LogP contribution in [0.2, 0.25) is 0 Å². The number of ketones is 1. The van der Waals surface area contributed by atoms with Gasteiger partial charge >= 0.3 is 5.97 Å². The van der Waals surface area contributed by atoms with E-state index in [4.69, 9.17) is 5.11 Å². The van der Waals surface area contributed by atoms with Crippen molar-refractivity contribution in [3.05, 3.63) is 41.4 Å². The number of aliphatic carboxylic acids is 1. The van der Waals surface area contributed by atoms with Crippen LogP contribution in [0.3, 0.4) is 0 Å². The van der Waals surface area contributed by atoms with Crippen molar-refractivity contribution in [2.45, 2.75) is 37.8 Å². The van der Waals surface area contributed by atoms with E-state index in [0.717, 1.165) is 5.56 Å². The molecule has 0 saturated carbocycles. The van der Waals surface area contributed by atoms with Crippen LogP contribution in [-0.4, -0.2) is 63.9 Å². The number of Topliss-reactive ketones (excluding diaryl/α,β-unsaturated/α-hetero) is 1. The van der Waals surface area contributed by atoms with E-state index < -0.39 is 48.7 Å². The molecule has 0 radical (unpaired) electrons. The molecule has 2 heterocycles. The molecule has 31 heavy (non-hydrogen) atoms. The molecule has 1 saturated heterocycles. The number of carbonyl (C=O) groups is 4. The maximum absolute atomic E-state index is 13.1. The van der Waals surface area contributed by atoms with Gasteiger partial charge in [-0.15, -0.1) is 11.3 Å². The minimum atomic E-state index is -1.47. The second kappa shape index (κ2) is 10.3. The molecule has 3 rings (SSSR count). The molecule has 2 N–H and O–H groups in total. The number of carboxylic acids is 1. The Morgan fingerprint density at radius 3 is 2.65 bits per heavy atom. The number of halogens is 1. The Morgan fingerprint density at radius 1 is 1.23 bits per heavy atom. The lowest BCUT2D eigenvalue weighted by Gasteiger charge is -2.35. The molecule has 0 spiro atoms. The van der Waals surface area contributed by atoms with Crippen molar-refractivity contribution < 1.29 is 28.7 Å². The predicted octanol–water partition coefficient (Wildman–Crippen LogP) is 2.30. The van der Waals surface area contributed by atoms with Crippen LogP contribution >= 0.6 is 11.3 Å². The molecule has 0 bridgehead atoms.